The first-order valence-electron chi connectivity index (χ1n) is 35.1. The van der Waals surface area contributed by atoms with E-state index in [2.05, 4.69) is 39.8 Å². The Labute approximate surface area is 579 Å². The summed E-state index contributed by atoms with van der Waals surface area (Å²) in [4.78, 5) is 71.3. The van der Waals surface area contributed by atoms with Crippen molar-refractivity contribution in [1.29, 1.82) is 0 Å². The summed E-state index contributed by atoms with van der Waals surface area (Å²) in [6.07, 6.45) is 11.7. The SMILES string of the molecule is COc1ccc2c(c1)C1CC1(C(=O)O)Cn1c-2c(C2CCCCC2)c2ccc(C(=O)NS(=O)(=O)N(C)CCN3CCN(C(=O)OC(C)(C)C)CC3)cc21.COc1ccc2c(c1)C1CC1(C(=O)O)Cn1c-2c(C2CCCCC2)c2ccc(C(=O)NS(=O)(=O)N(C)CCN3CCNCC3)cc21. The Morgan fingerprint density at radius 1 is 0.576 bits per heavy atom. The second-order valence-corrected chi connectivity index (χ2v) is 33.1. The summed E-state index contributed by atoms with van der Waals surface area (Å²) in [6.45, 7) is 13.0. The third-order valence-electron chi connectivity index (χ3n) is 22.4. The summed E-state index contributed by atoms with van der Waals surface area (Å²) in [6, 6.07) is 22.6. The molecule has 14 rings (SSSR count). The molecule has 6 fully saturated rings. The second-order valence-electron chi connectivity index (χ2n) is 29.6. The molecule has 4 atom stereocenters. The Morgan fingerprint density at radius 3 is 1.38 bits per heavy atom. The van der Waals surface area contributed by atoms with Crippen LogP contribution < -0.4 is 24.2 Å². The first kappa shape index (κ1) is 69.9. The van der Waals surface area contributed by atoms with E-state index in [1.54, 1.807) is 43.4 Å². The van der Waals surface area contributed by atoms with Gasteiger partial charge in [0.15, 0.2) is 0 Å². The van der Waals surface area contributed by atoms with Gasteiger partial charge in [-0.25, -0.2) is 14.2 Å². The number of aromatic nitrogens is 2. The van der Waals surface area contributed by atoms with Crippen molar-refractivity contribution in [3.8, 4) is 34.0 Å². The highest BCUT2D eigenvalue weighted by molar-refractivity contribution is 7.88. The lowest BCUT2D eigenvalue weighted by Crippen LogP contribution is -2.52. The van der Waals surface area contributed by atoms with Gasteiger partial charge in [0.25, 0.3) is 11.8 Å². The van der Waals surface area contributed by atoms with Gasteiger partial charge in [-0.1, -0.05) is 50.7 Å². The summed E-state index contributed by atoms with van der Waals surface area (Å²) in [7, 11) is -2.11. The van der Waals surface area contributed by atoms with Crippen LogP contribution in [0.4, 0.5) is 4.79 Å². The van der Waals surface area contributed by atoms with Crippen LogP contribution in [0.2, 0.25) is 0 Å². The molecule has 0 bridgehead atoms. The number of carboxylic acid groups (broad SMARTS) is 2. The van der Waals surface area contributed by atoms with Crippen LogP contribution in [-0.2, 0) is 47.8 Å². The van der Waals surface area contributed by atoms with Gasteiger partial charge in [0.05, 0.1) is 36.4 Å². The van der Waals surface area contributed by atoms with Gasteiger partial charge in [-0.15, -0.1) is 0 Å². The van der Waals surface area contributed by atoms with Crippen LogP contribution in [0.5, 0.6) is 11.5 Å². The molecule has 8 aliphatic rings. The normalized spacial score (nSPS) is 22.7. The van der Waals surface area contributed by atoms with Crippen molar-refractivity contribution in [3.63, 3.8) is 0 Å². The number of hydrogen-bond acceptors (Lipinski definition) is 15. The Morgan fingerprint density at radius 2 is 0.990 bits per heavy atom. The van der Waals surface area contributed by atoms with Crippen LogP contribution >= 0.6 is 0 Å². The molecular formula is C73H94N10O14S2. The smallest absolute Gasteiger partial charge is 0.410 e. The zero-order chi connectivity index (χ0) is 70.1. The van der Waals surface area contributed by atoms with E-state index in [9.17, 15) is 51.0 Å². The molecule has 5 N–H and O–H groups in total. The maximum atomic E-state index is 13.7. The van der Waals surface area contributed by atoms with Crippen molar-refractivity contribution in [2.24, 2.45) is 10.8 Å². The van der Waals surface area contributed by atoms with Crippen LogP contribution in [0.1, 0.15) is 164 Å². The van der Waals surface area contributed by atoms with E-state index in [0.717, 1.165) is 137 Å². The summed E-state index contributed by atoms with van der Waals surface area (Å²) < 4.78 is 80.8. The van der Waals surface area contributed by atoms with E-state index in [4.69, 9.17) is 14.2 Å². The molecule has 0 spiro atoms. The molecule has 2 saturated heterocycles. The van der Waals surface area contributed by atoms with E-state index in [-0.39, 0.29) is 61.2 Å². The average molecular weight is 1400 g/mol. The van der Waals surface area contributed by atoms with Gasteiger partial charge >= 0.3 is 38.5 Å². The van der Waals surface area contributed by atoms with Gasteiger partial charge in [-0.2, -0.15) is 25.4 Å². The summed E-state index contributed by atoms with van der Waals surface area (Å²) in [5.41, 5.74) is 7.75. The number of rotatable bonds is 18. The minimum absolute atomic E-state index is 0.141. The molecule has 4 aliphatic heterocycles. The standard InChI is InChI=1S/C39H51N5O8S.C34H43N5O6S/c1-38(2,3)52-37(48)43-19-17-42(18-20-43)16-15-41(4)53(49,50)40-35(45)26-11-13-29-32(21-26)44-24-39(36(46)47)23-31(39)30-22-27(51-5)12-14-28(30)34(44)33(29)25-9-7-6-8-10-25;1-37(16-17-38-14-12-35-13-15-38)46(43,44)36-32(40)23-8-10-26-29(18-23)39-21-34(33(41)42)20-28(34)27-19-24(45-2)9-11-25(27)31(39)30(26)22-6-4-3-5-7-22/h11-14,21-22,25,31H,6-10,15-20,23-24H2,1-5H3,(H,40,45)(H,46,47);8-11,18-19,22,28,35H,3-7,12-17,20-21H2,1-2H3,(H,36,40)(H,41,42). The number of carboxylic acids is 2. The minimum atomic E-state index is -4.18. The number of ether oxygens (including phenoxy) is 3. The molecule has 6 aromatic rings. The van der Waals surface area contributed by atoms with Gasteiger partial charge in [0.2, 0.25) is 0 Å². The molecule has 6 heterocycles. The van der Waals surface area contributed by atoms with Gasteiger partial charge in [-0.3, -0.25) is 29.0 Å². The number of nitrogens with zero attached hydrogens (tertiary/aromatic N) is 7. The van der Waals surface area contributed by atoms with Crippen molar-refractivity contribution < 1.29 is 65.2 Å². The molecule has 3 amide bonds. The number of hydrogen-bond donors (Lipinski definition) is 5. The predicted octanol–water partition coefficient (Wildman–Crippen LogP) is 9.14. The summed E-state index contributed by atoms with van der Waals surface area (Å²) in [5.74, 6) is -1.47. The first-order chi connectivity index (χ1) is 47.2. The number of aliphatic carboxylic acids is 2. The molecule has 4 unspecified atom stereocenters. The maximum Gasteiger partial charge on any atom is 0.410 e. The van der Waals surface area contributed by atoms with E-state index in [1.807, 2.05) is 63.2 Å². The molecular weight excluding hydrogens is 1300 g/mol. The Kier molecular flexibility index (Phi) is 19.3. The summed E-state index contributed by atoms with van der Waals surface area (Å²) in [5, 5.41) is 26.4. The lowest BCUT2D eigenvalue weighted by Gasteiger charge is -2.36. The van der Waals surface area contributed by atoms with Crippen LogP contribution in [-0.4, -0.2) is 202 Å². The first-order valence-corrected chi connectivity index (χ1v) is 38.0. The topological polar surface area (TPSA) is 284 Å². The molecule has 532 valence electrons. The number of piperazine rings is 2. The molecule has 0 radical (unpaired) electrons. The molecule has 4 aromatic carbocycles. The fourth-order valence-electron chi connectivity index (χ4n) is 16.6. The van der Waals surface area contributed by atoms with Crippen molar-refractivity contribution in [2.75, 3.05) is 107 Å². The predicted molar refractivity (Wildman–Crippen MR) is 376 cm³/mol. The lowest BCUT2D eigenvalue weighted by atomic mass is 9.81. The molecule has 99 heavy (non-hydrogen) atoms. The van der Waals surface area contributed by atoms with Crippen LogP contribution in [0.15, 0.2) is 72.8 Å². The maximum absolute atomic E-state index is 13.7. The highest BCUT2D eigenvalue weighted by Gasteiger charge is 2.64. The zero-order valence-corrected chi connectivity index (χ0v) is 59.5. The van der Waals surface area contributed by atoms with Crippen molar-refractivity contribution in [2.45, 2.75) is 140 Å². The molecule has 24 nitrogen and oxygen atoms in total. The molecule has 4 aliphatic carbocycles. The highest BCUT2D eigenvalue weighted by Crippen LogP contribution is 2.67. The number of carbonyl (C=O) groups excluding carboxylic acids is 3. The van der Waals surface area contributed by atoms with Gasteiger partial charge in [0, 0.05) is 162 Å². The van der Waals surface area contributed by atoms with E-state index in [0.29, 0.717) is 69.5 Å². The monoisotopic (exact) mass is 1400 g/mol. The third-order valence-corrected chi connectivity index (χ3v) is 25.3. The molecule has 26 heteroatoms. The van der Waals surface area contributed by atoms with E-state index >= 15 is 0 Å². The van der Waals surface area contributed by atoms with Crippen LogP contribution in [0, 0.1) is 10.8 Å². The Hall–Kier alpha value is -7.59. The number of benzene rings is 4. The number of carbonyl (C=O) groups is 5. The van der Waals surface area contributed by atoms with E-state index < -0.39 is 60.6 Å². The number of methoxy groups -OCH3 is 2. The fourth-order valence-corrected chi connectivity index (χ4v) is 18.2. The Bertz CT molecular complexity index is 4390. The quantitative estimate of drug-likeness (QED) is 0.0536. The lowest BCUT2D eigenvalue weighted by molar-refractivity contribution is -0.145. The van der Waals surface area contributed by atoms with Crippen molar-refractivity contribution >= 4 is 72.1 Å². The van der Waals surface area contributed by atoms with Crippen LogP contribution in [0.3, 0.4) is 0 Å². The average Bonchev–Trinajstić information content (AvgIpc) is 1.53. The summed E-state index contributed by atoms with van der Waals surface area (Å²) >= 11 is 0. The van der Waals surface area contributed by atoms with Gasteiger partial charge < -0.3 is 43.8 Å². The second kappa shape index (κ2) is 27.4. The van der Waals surface area contributed by atoms with E-state index in [1.165, 1.54) is 42.4 Å². The number of fused-ring (bicyclic) bond motifs is 14. The highest BCUT2D eigenvalue weighted by atomic mass is 32.2. The van der Waals surface area contributed by atoms with Crippen LogP contribution in [0.25, 0.3) is 44.3 Å². The Balaban J connectivity index is 0.000000179. The van der Waals surface area contributed by atoms with Gasteiger partial charge in [0.1, 0.15) is 17.1 Å². The third kappa shape index (κ3) is 13.7. The van der Waals surface area contributed by atoms with Crippen molar-refractivity contribution in [3.05, 3.63) is 106 Å². The number of amides is 3. The fraction of sp³-hybridized carbons (Fsp3) is 0.548. The zero-order valence-electron chi connectivity index (χ0n) is 57.9. The van der Waals surface area contributed by atoms with Gasteiger partial charge in [-0.05, 0) is 154 Å². The minimum Gasteiger partial charge on any atom is -0.497 e. The molecule has 4 saturated carbocycles. The molecule has 2 aromatic heterocycles. The largest absolute Gasteiger partial charge is 0.497 e. The number of nitrogens with one attached hydrogen (secondary N) is 3. The number of likely N-dealkylation sites (N-methyl/N-ethyl adjacent to an activating group) is 2. The van der Waals surface area contributed by atoms with Crippen molar-refractivity contribution in [1.82, 2.24) is 47.2 Å².